The van der Waals surface area contributed by atoms with E-state index in [-0.39, 0.29) is 24.9 Å². The quantitative estimate of drug-likeness (QED) is 0.587. The van der Waals surface area contributed by atoms with E-state index in [1.165, 1.54) is 4.31 Å². The van der Waals surface area contributed by atoms with E-state index >= 15 is 0 Å². The van der Waals surface area contributed by atoms with Crippen molar-refractivity contribution in [2.24, 2.45) is 0 Å². The van der Waals surface area contributed by atoms with Crippen molar-refractivity contribution >= 4 is 21.6 Å². The number of carbonyl (C=O) groups is 1. The maximum Gasteiger partial charge on any atom is 0.232 e. The molecule has 0 bridgehead atoms. The van der Waals surface area contributed by atoms with Crippen LogP contribution in [-0.2, 0) is 14.8 Å². The van der Waals surface area contributed by atoms with Gasteiger partial charge in [-0.15, -0.1) is 0 Å². The van der Waals surface area contributed by atoms with Gasteiger partial charge in [0.2, 0.25) is 15.9 Å². The maximum absolute atomic E-state index is 12.9. The summed E-state index contributed by atoms with van der Waals surface area (Å²) >= 11 is 0. The summed E-state index contributed by atoms with van der Waals surface area (Å²) in [6, 6.07) is 10.4. The minimum absolute atomic E-state index is 0.155. The Kier molecular flexibility index (Phi) is 7.02. The first kappa shape index (κ1) is 25.0. The zero-order valence-corrected chi connectivity index (χ0v) is 21.3. The van der Waals surface area contributed by atoms with Crippen molar-refractivity contribution in [3.8, 4) is 23.0 Å². The van der Waals surface area contributed by atoms with Crippen LogP contribution in [0.2, 0.25) is 0 Å². The molecule has 2 aromatic rings. The van der Waals surface area contributed by atoms with E-state index in [1.54, 1.807) is 25.3 Å². The van der Waals surface area contributed by atoms with Crippen LogP contribution in [0.3, 0.4) is 0 Å². The fourth-order valence-corrected chi connectivity index (χ4v) is 5.37. The van der Waals surface area contributed by atoms with E-state index in [2.05, 4.69) is 5.32 Å². The zero-order valence-electron chi connectivity index (χ0n) is 20.5. The Labute approximate surface area is 206 Å². The van der Waals surface area contributed by atoms with Crippen molar-refractivity contribution in [1.82, 2.24) is 5.32 Å². The largest absolute Gasteiger partial charge is 0.497 e. The van der Waals surface area contributed by atoms with Gasteiger partial charge in [0.05, 0.1) is 25.1 Å². The van der Waals surface area contributed by atoms with E-state index < -0.39 is 15.6 Å². The lowest BCUT2D eigenvalue weighted by Crippen LogP contribution is -2.41. The third-order valence-electron chi connectivity index (χ3n) is 5.99. The highest BCUT2D eigenvalue weighted by molar-refractivity contribution is 7.92. The van der Waals surface area contributed by atoms with Gasteiger partial charge in [0.15, 0.2) is 11.5 Å². The number of nitrogens with one attached hydrogen (secondary N) is 1. The molecule has 35 heavy (non-hydrogen) atoms. The van der Waals surface area contributed by atoms with Crippen molar-refractivity contribution in [1.29, 1.82) is 0 Å². The van der Waals surface area contributed by atoms with E-state index in [0.717, 1.165) is 11.8 Å². The molecule has 1 N–H and O–H groups in total. The average Bonchev–Trinajstić information content (AvgIpc) is 2.80. The van der Waals surface area contributed by atoms with Crippen LogP contribution >= 0.6 is 0 Å². The standard InChI is InChI=1S/C25H32N2O7S/c1-25(2)16-20(19-15-18(31-3)8-10-21(19)34-25)26-24(28)6-5-11-27(35(4,29)30)17-7-9-22-23(14-17)33-13-12-32-22/h7-10,14-15,20H,5-6,11-13,16H2,1-4H3,(H,26,28)/t20-/m0/s1. The van der Waals surface area contributed by atoms with Crippen molar-refractivity contribution < 1.29 is 32.2 Å². The van der Waals surface area contributed by atoms with Gasteiger partial charge in [-0.05, 0) is 50.6 Å². The van der Waals surface area contributed by atoms with Crippen molar-refractivity contribution in [2.45, 2.75) is 44.8 Å². The SMILES string of the molecule is COc1ccc2c(c1)[C@@H](NC(=O)CCCN(c1ccc3c(c1)OCCO3)S(C)(=O)=O)CC(C)(C)O2. The lowest BCUT2D eigenvalue weighted by atomic mass is 9.89. The van der Waals surface area contributed by atoms with E-state index in [9.17, 15) is 13.2 Å². The number of hydrogen-bond acceptors (Lipinski definition) is 7. The number of ether oxygens (including phenoxy) is 4. The lowest BCUT2D eigenvalue weighted by Gasteiger charge is -2.38. The number of nitrogens with zero attached hydrogens (tertiary/aromatic N) is 1. The molecule has 2 aliphatic heterocycles. The predicted octanol–water partition coefficient (Wildman–Crippen LogP) is 3.43. The first-order valence-corrected chi connectivity index (χ1v) is 13.4. The number of amides is 1. The summed E-state index contributed by atoms with van der Waals surface area (Å²) < 4.78 is 48.8. The minimum atomic E-state index is -3.56. The Balaban J connectivity index is 1.42. The molecule has 2 aromatic carbocycles. The van der Waals surface area contributed by atoms with Crippen LogP contribution in [0, 0.1) is 0 Å². The van der Waals surface area contributed by atoms with Gasteiger partial charge < -0.3 is 24.3 Å². The topological polar surface area (TPSA) is 103 Å². The molecular weight excluding hydrogens is 472 g/mol. The van der Waals surface area contributed by atoms with E-state index in [1.807, 2.05) is 32.0 Å². The summed E-state index contributed by atoms with van der Waals surface area (Å²) in [4.78, 5) is 12.9. The first-order valence-electron chi connectivity index (χ1n) is 11.6. The molecule has 0 unspecified atom stereocenters. The fourth-order valence-electron chi connectivity index (χ4n) is 4.41. The Bertz CT molecular complexity index is 1200. The fraction of sp³-hybridized carbons (Fsp3) is 0.480. The van der Waals surface area contributed by atoms with Crippen LogP contribution in [-0.4, -0.2) is 53.1 Å². The van der Waals surface area contributed by atoms with Crippen molar-refractivity contribution in [3.05, 3.63) is 42.0 Å². The molecule has 0 fully saturated rings. The number of sulfonamides is 1. The molecule has 0 saturated carbocycles. The van der Waals surface area contributed by atoms with Gasteiger partial charge in [0, 0.05) is 31.0 Å². The van der Waals surface area contributed by atoms with Crippen LogP contribution in [0.1, 0.15) is 44.7 Å². The first-order chi connectivity index (χ1) is 16.6. The molecule has 9 nitrogen and oxygen atoms in total. The van der Waals surface area contributed by atoms with Crippen LogP contribution in [0.5, 0.6) is 23.0 Å². The van der Waals surface area contributed by atoms with Gasteiger partial charge >= 0.3 is 0 Å². The average molecular weight is 505 g/mol. The summed E-state index contributed by atoms with van der Waals surface area (Å²) in [6.45, 7) is 5.00. The molecular formula is C25H32N2O7S. The highest BCUT2D eigenvalue weighted by atomic mass is 32.2. The normalized spacial score (nSPS) is 18.1. The number of rotatable bonds is 8. The summed E-state index contributed by atoms with van der Waals surface area (Å²) in [5.41, 5.74) is 0.903. The summed E-state index contributed by atoms with van der Waals surface area (Å²) in [7, 11) is -1.96. The third-order valence-corrected chi connectivity index (χ3v) is 7.18. The van der Waals surface area contributed by atoms with Crippen LogP contribution < -0.4 is 28.6 Å². The van der Waals surface area contributed by atoms with Crippen LogP contribution in [0.25, 0.3) is 0 Å². The van der Waals surface area contributed by atoms with Gasteiger partial charge in [0.1, 0.15) is 30.3 Å². The number of fused-ring (bicyclic) bond motifs is 2. The van der Waals surface area contributed by atoms with E-state index in [4.69, 9.17) is 18.9 Å². The highest BCUT2D eigenvalue weighted by Crippen LogP contribution is 2.41. The smallest absolute Gasteiger partial charge is 0.232 e. The molecule has 0 radical (unpaired) electrons. The van der Waals surface area contributed by atoms with Crippen LogP contribution in [0.15, 0.2) is 36.4 Å². The molecule has 0 spiro atoms. The van der Waals surface area contributed by atoms with Crippen molar-refractivity contribution in [3.63, 3.8) is 0 Å². The second-order valence-corrected chi connectivity index (χ2v) is 11.3. The summed E-state index contributed by atoms with van der Waals surface area (Å²) in [6.07, 6.45) is 2.28. The molecule has 1 amide bonds. The number of hydrogen-bond donors (Lipinski definition) is 1. The van der Waals surface area contributed by atoms with Gasteiger partial charge in [-0.25, -0.2) is 8.42 Å². The molecule has 10 heteroatoms. The number of anilines is 1. The number of methoxy groups -OCH3 is 1. The number of carbonyl (C=O) groups excluding carboxylic acids is 1. The molecule has 4 rings (SSSR count). The van der Waals surface area contributed by atoms with Gasteiger partial charge in [-0.3, -0.25) is 9.10 Å². The van der Waals surface area contributed by atoms with Crippen LogP contribution in [0.4, 0.5) is 5.69 Å². The Morgan fingerprint density at radius 1 is 1.11 bits per heavy atom. The van der Waals surface area contributed by atoms with Crippen molar-refractivity contribution in [2.75, 3.05) is 37.4 Å². The van der Waals surface area contributed by atoms with E-state index in [0.29, 0.717) is 54.7 Å². The highest BCUT2D eigenvalue weighted by Gasteiger charge is 2.35. The Morgan fingerprint density at radius 3 is 2.54 bits per heavy atom. The maximum atomic E-state index is 12.9. The second kappa shape index (κ2) is 9.85. The predicted molar refractivity (Wildman–Crippen MR) is 132 cm³/mol. The monoisotopic (exact) mass is 504 g/mol. The molecule has 2 heterocycles. The summed E-state index contributed by atoms with van der Waals surface area (Å²) in [5, 5.41) is 3.10. The van der Waals surface area contributed by atoms with Gasteiger partial charge in [0.25, 0.3) is 0 Å². The molecule has 2 aliphatic rings. The Morgan fingerprint density at radius 2 is 1.83 bits per heavy atom. The van der Waals surface area contributed by atoms with Gasteiger partial charge in [-0.1, -0.05) is 0 Å². The minimum Gasteiger partial charge on any atom is -0.497 e. The second-order valence-electron chi connectivity index (χ2n) is 9.36. The Hall–Kier alpha value is -3.14. The molecule has 190 valence electrons. The summed E-state index contributed by atoms with van der Waals surface area (Å²) in [5.74, 6) is 2.35. The molecule has 0 aliphatic carbocycles. The van der Waals surface area contributed by atoms with Gasteiger partial charge in [-0.2, -0.15) is 0 Å². The third kappa shape index (κ3) is 5.93. The molecule has 1 atom stereocenters. The lowest BCUT2D eigenvalue weighted by molar-refractivity contribution is -0.122. The number of benzene rings is 2. The molecule has 0 aromatic heterocycles. The molecule has 0 saturated heterocycles. The zero-order chi connectivity index (χ0) is 25.2.